The molecule has 2 fully saturated rings. The van der Waals surface area contributed by atoms with Gasteiger partial charge in [0.2, 0.25) is 6.29 Å². The van der Waals surface area contributed by atoms with E-state index in [9.17, 15) is 45.6 Å². The number of ether oxygens (including phenoxy) is 5. The summed E-state index contributed by atoms with van der Waals surface area (Å²) in [6.07, 6.45) is -11.2. The van der Waals surface area contributed by atoms with Gasteiger partial charge in [0.1, 0.15) is 53.2 Å². The Kier molecular flexibility index (Phi) is 8.30. The van der Waals surface area contributed by atoms with Crippen LogP contribution in [0.5, 0.6) is 23.0 Å². The van der Waals surface area contributed by atoms with Gasteiger partial charge in [0.05, 0.1) is 32.3 Å². The van der Waals surface area contributed by atoms with Crippen LogP contribution in [0.4, 0.5) is 0 Å². The van der Waals surface area contributed by atoms with E-state index in [2.05, 4.69) is 0 Å². The van der Waals surface area contributed by atoms with Gasteiger partial charge in [0.15, 0.2) is 17.8 Å². The van der Waals surface area contributed by atoms with Crippen LogP contribution in [0, 0.1) is 0 Å². The summed E-state index contributed by atoms with van der Waals surface area (Å²) in [5, 5.41) is 81.5. The van der Waals surface area contributed by atoms with Crippen molar-refractivity contribution >= 4 is 11.0 Å². The molecule has 0 spiro atoms. The van der Waals surface area contributed by atoms with Crippen molar-refractivity contribution in [3.63, 3.8) is 0 Å². The van der Waals surface area contributed by atoms with Crippen molar-refractivity contribution in [1.29, 1.82) is 0 Å². The van der Waals surface area contributed by atoms with Crippen LogP contribution in [-0.2, 0) is 14.2 Å². The molecule has 228 valence electrons. The summed E-state index contributed by atoms with van der Waals surface area (Å²) in [5.74, 6) is -0.712. The van der Waals surface area contributed by atoms with Crippen LogP contribution >= 0.6 is 0 Å². The van der Waals surface area contributed by atoms with E-state index in [0.717, 1.165) is 6.07 Å². The average Bonchev–Trinajstić information content (AvgIpc) is 3.26. The van der Waals surface area contributed by atoms with E-state index in [1.165, 1.54) is 37.4 Å². The van der Waals surface area contributed by atoms with Gasteiger partial charge in [-0.3, -0.25) is 0 Å². The van der Waals surface area contributed by atoms with Crippen molar-refractivity contribution in [3.8, 4) is 34.1 Å². The zero-order chi connectivity index (χ0) is 30.3. The predicted molar refractivity (Wildman–Crippen MR) is 139 cm³/mol. The standard InChI is InChI=1S/C27H30O15/c1-37-12-5-16-20(13(7-19(31)40-16)11-2-3-14(29)15(30)4-11)17(6-12)41-25-23(34)22(33)21(32)18(42-25)8-38-26-24(35)27(36,9-28)10-39-26/h2-7,18,21-26,28-30,32-36H,8-10H2,1H3/t18-,21+,22+,23-,24-,25+,26+,27-/m0/s1. The Balaban J connectivity index is 1.47. The topological polar surface area (TPSA) is 238 Å². The highest BCUT2D eigenvalue weighted by Gasteiger charge is 2.50. The molecule has 5 rings (SSSR count). The summed E-state index contributed by atoms with van der Waals surface area (Å²) < 4.78 is 32.9. The number of benzene rings is 2. The third-order valence-corrected chi connectivity index (χ3v) is 7.22. The normalized spacial score (nSPS) is 31.4. The molecule has 2 aromatic carbocycles. The highest BCUT2D eigenvalue weighted by Crippen LogP contribution is 2.41. The van der Waals surface area contributed by atoms with Crippen molar-refractivity contribution in [2.24, 2.45) is 0 Å². The van der Waals surface area contributed by atoms with Gasteiger partial charge < -0.3 is 69.0 Å². The molecule has 0 unspecified atom stereocenters. The summed E-state index contributed by atoms with van der Waals surface area (Å²) in [5.41, 5.74) is -2.20. The Hall–Kier alpha value is -3.51. The van der Waals surface area contributed by atoms with E-state index < -0.39 is 79.9 Å². The van der Waals surface area contributed by atoms with E-state index >= 15 is 0 Å². The second kappa shape index (κ2) is 11.6. The highest BCUT2D eigenvalue weighted by molar-refractivity contribution is 5.98. The third-order valence-electron chi connectivity index (χ3n) is 7.22. The summed E-state index contributed by atoms with van der Waals surface area (Å²) in [6, 6.07) is 7.80. The number of aromatic hydroxyl groups is 2. The average molecular weight is 595 g/mol. The number of phenols is 2. The molecule has 8 N–H and O–H groups in total. The van der Waals surface area contributed by atoms with Gasteiger partial charge in [-0.1, -0.05) is 6.07 Å². The lowest BCUT2D eigenvalue weighted by Crippen LogP contribution is -2.60. The zero-order valence-electron chi connectivity index (χ0n) is 22.1. The number of aliphatic hydroxyl groups is 6. The van der Waals surface area contributed by atoms with Crippen molar-refractivity contribution < 1.29 is 69.0 Å². The largest absolute Gasteiger partial charge is 0.504 e. The molecule has 0 amide bonds. The fourth-order valence-corrected chi connectivity index (χ4v) is 4.77. The first kappa shape index (κ1) is 30.0. The Morgan fingerprint density at radius 1 is 0.976 bits per heavy atom. The number of rotatable bonds is 8. The van der Waals surface area contributed by atoms with Gasteiger partial charge in [-0.05, 0) is 17.7 Å². The van der Waals surface area contributed by atoms with E-state index in [4.69, 9.17) is 28.1 Å². The smallest absolute Gasteiger partial charge is 0.336 e. The lowest BCUT2D eigenvalue weighted by Gasteiger charge is -2.40. The summed E-state index contributed by atoms with van der Waals surface area (Å²) in [4.78, 5) is 12.4. The molecule has 2 aliphatic heterocycles. The van der Waals surface area contributed by atoms with Gasteiger partial charge in [-0.25, -0.2) is 4.79 Å². The first-order valence-corrected chi connectivity index (χ1v) is 12.7. The van der Waals surface area contributed by atoms with Crippen LogP contribution < -0.4 is 15.1 Å². The lowest BCUT2D eigenvalue weighted by molar-refractivity contribution is -0.289. The predicted octanol–water partition coefficient (Wildman–Crippen LogP) is -1.48. The molecule has 0 bridgehead atoms. The minimum atomic E-state index is -1.95. The van der Waals surface area contributed by atoms with E-state index in [1.807, 2.05) is 0 Å². The fourth-order valence-electron chi connectivity index (χ4n) is 4.77. The fraction of sp³-hybridized carbons (Fsp3) is 0.444. The monoisotopic (exact) mass is 594 g/mol. The Bertz CT molecular complexity index is 1490. The number of aliphatic hydroxyl groups excluding tert-OH is 5. The van der Waals surface area contributed by atoms with E-state index in [-0.39, 0.29) is 33.8 Å². The van der Waals surface area contributed by atoms with E-state index in [0.29, 0.717) is 5.56 Å². The van der Waals surface area contributed by atoms with Crippen molar-refractivity contribution in [2.45, 2.75) is 48.7 Å². The van der Waals surface area contributed by atoms with Crippen molar-refractivity contribution in [2.75, 3.05) is 26.9 Å². The maximum atomic E-state index is 12.4. The van der Waals surface area contributed by atoms with Gasteiger partial charge >= 0.3 is 5.63 Å². The Morgan fingerprint density at radius 2 is 1.74 bits per heavy atom. The van der Waals surface area contributed by atoms with Crippen LogP contribution in [0.3, 0.4) is 0 Å². The first-order chi connectivity index (χ1) is 19.9. The molecular formula is C27H30O15. The summed E-state index contributed by atoms with van der Waals surface area (Å²) in [6.45, 7) is -1.71. The summed E-state index contributed by atoms with van der Waals surface area (Å²) >= 11 is 0. The molecule has 3 aromatic rings. The minimum Gasteiger partial charge on any atom is -0.504 e. The third kappa shape index (κ3) is 5.49. The molecule has 2 saturated heterocycles. The van der Waals surface area contributed by atoms with Crippen molar-refractivity contribution in [3.05, 3.63) is 46.8 Å². The lowest BCUT2D eigenvalue weighted by atomic mass is 9.98. The molecule has 0 aliphatic carbocycles. The number of phenolic OH excluding ortho intramolecular Hbond substituents is 2. The number of fused-ring (bicyclic) bond motifs is 1. The molecule has 0 saturated carbocycles. The highest BCUT2D eigenvalue weighted by atomic mass is 16.7. The second-order valence-corrected chi connectivity index (χ2v) is 10.0. The number of hydrogen-bond donors (Lipinski definition) is 8. The van der Waals surface area contributed by atoms with Gasteiger partial charge in [-0.2, -0.15) is 0 Å². The maximum absolute atomic E-state index is 12.4. The molecule has 3 heterocycles. The molecule has 2 aliphatic rings. The van der Waals surface area contributed by atoms with Crippen LogP contribution in [0.25, 0.3) is 22.1 Å². The quantitative estimate of drug-likeness (QED) is 0.110. The Morgan fingerprint density at radius 3 is 2.40 bits per heavy atom. The molecule has 1 aromatic heterocycles. The molecular weight excluding hydrogens is 564 g/mol. The molecule has 42 heavy (non-hydrogen) atoms. The van der Waals surface area contributed by atoms with Crippen LogP contribution in [0.1, 0.15) is 0 Å². The Labute approximate surface area is 236 Å². The van der Waals surface area contributed by atoms with Crippen LogP contribution in [0.15, 0.2) is 45.6 Å². The van der Waals surface area contributed by atoms with Gasteiger partial charge in [0, 0.05) is 23.8 Å². The van der Waals surface area contributed by atoms with E-state index in [1.54, 1.807) is 0 Å². The second-order valence-electron chi connectivity index (χ2n) is 10.0. The van der Waals surface area contributed by atoms with Crippen molar-refractivity contribution in [1.82, 2.24) is 0 Å². The van der Waals surface area contributed by atoms with Crippen LogP contribution in [-0.4, -0.2) is 116 Å². The molecule has 8 atom stereocenters. The summed E-state index contributed by atoms with van der Waals surface area (Å²) in [7, 11) is 1.35. The van der Waals surface area contributed by atoms with Crippen LogP contribution in [0.2, 0.25) is 0 Å². The maximum Gasteiger partial charge on any atom is 0.336 e. The molecule has 0 radical (unpaired) electrons. The zero-order valence-corrected chi connectivity index (χ0v) is 22.1. The molecule has 15 nitrogen and oxygen atoms in total. The number of methoxy groups -OCH3 is 1. The molecule has 15 heteroatoms. The first-order valence-electron chi connectivity index (χ1n) is 12.7. The SMILES string of the molecule is COc1cc(O[C@@H]2O[C@@H](CO[C@@H]3OC[C@@](O)(CO)[C@H]3O)[C@@H](O)[C@@H](O)[C@@H]2O)c2c(-c3ccc(O)c(O)c3)cc(=O)oc2c1. The van der Waals surface area contributed by atoms with Gasteiger partial charge in [-0.15, -0.1) is 0 Å². The minimum absolute atomic E-state index is 0.00563. The number of hydrogen-bond acceptors (Lipinski definition) is 15. The van der Waals surface area contributed by atoms with Gasteiger partial charge in [0.25, 0.3) is 0 Å².